The Morgan fingerprint density at radius 2 is 1.74 bits per heavy atom. The Bertz CT molecular complexity index is 1420. The average Bonchev–Trinajstić information content (AvgIpc) is 2.97. The molecule has 1 unspecified atom stereocenters. The van der Waals surface area contributed by atoms with Gasteiger partial charge in [0, 0.05) is 35.3 Å². The Morgan fingerprint density at radius 3 is 2.45 bits per heavy atom. The lowest BCUT2D eigenvalue weighted by molar-refractivity contribution is -0.120. The van der Waals surface area contributed by atoms with Crippen LogP contribution in [0.25, 0.3) is 0 Å². The van der Waals surface area contributed by atoms with E-state index in [1.165, 1.54) is 12.1 Å². The molecular formula is C30H28ClF2N3O2. The lowest BCUT2D eigenvalue weighted by atomic mass is 9.73. The maximum atomic E-state index is 14.5. The number of para-hydroxylation sites is 2. The first-order valence-electron chi connectivity index (χ1n) is 12.5. The second kappa shape index (κ2) is 10.2. The molecule has 196 valence electrons. The largest absolute Gasteiger partial charge is 0.357 e. The van der Waals surface area contributed by atoms with E-state index in [2.05, 4.69) is 10.6 Å². The molecule has 1 heterocycles. The summed E-state index contributed by atoms with van der Waals surface area (Å²) < 4.78 is 29.0. The zero-order valence-corrected chi connectivity index (χ0v) is 21.9. The van der Waals surface area contributed by atoms with Crippen LogP contribution >= 0.6 is 11.6 Å². The zero-order chi connectivity index (χ0) is 27.0. The number of nitrogens with one attached hydrogen (secondary N) is 2. The number of Topliss-reactive ketones (excluding diaryl/α,β-unsaturated/α-hetero) is 1. The average molecular weight is 536 g/mol. The van der Waals surface area contributed by atoms with Crippen LogP contribution < -0.4 is 15.5 Å². The first-order chi connectivity index (χ1) is 18.1. The first kappa shape index (κ1) is 25.9. The van der Waals surface area contributed by atoms with Gasteiger partial charge in [0.2, 0.25) is 5.91 Å². The second-order valence-electron chi connectivity index (χ2n) is 10.6. The molecule has 3 aromatic rings. The van der Waals surface area contributed by atoms with E-state index < -0.39 is 17.7 Å². The van der Waals surface area contributed by atoms with Gasteiger partial charge in [0.1, 0.15) is 11.6 Å². The summed E-state index contributed by atoms with van der Waals surface area (Å²) in [5, 5.41) is 6.94. The van der Waals surface area contributed by atoms with E-state index in [1.54, 1.807) is 17.0 Å². The molecule has 5 nitrogen and oxygen atoms in total. The quantitative estimate of drug-likeness (QED) is 0.389. The molecule has 0 spiro atoms. The molecule has 0 aromatic heterocycles. The number of anilines is 2. The number of fused-ring (bicyclic) bond motifs is 1. The van der Waals surface area contributed by atoms with Crippen molar-refractivity contribution in [3.63, 3.8) is 0 Å². The maximum absolute atomic E-state index is 14.5. The lowest BCUT2D eigenvalue weighted by Crippen LogP contribution is -2.42. The minimum Gasteiger partial charge on any atom is -0.357 e. The fraction of sp³-hybridized carbons (Fsp3) is 0.267. The van der Waals surface area contributed by atoms with Crippen molar-refractivity contribution in [3.05, 3.63) is 106 Å². The van der Waals surface area contributed by atoms with Crippen LogP contribution in [0.3, 0.4) is 0 Å². The monoisotopic (exact) mass is 535 g/mol. The van der Waals surface area contributed by atoms with Crippen LogP contribution in [0.4, 0.5) is 20.2 Å². The third-order valence-corrected chi connectivity index (χ3v) is 7.17. The molecule has 0 bridgehead atoms. The van der Waals surface area contributed by atoms with Crippen molar-refractivity contribution in [3.8, 4) is 0 Å². The number of rotatable bonds is 5. The van der Waals surface area contributed by atoms with Crippen LogP contribution in [0.5, 0.6) is 0 Å². The smallest absolute Gasteiger partial charge is 0.239 e. The number of halogens is 3. The Hall–Kier alpha value is -3.71. The number of nitrogens with zero attached hydrogens (tertiary/aromatic N) is 1. The van der Waals surface area contributed by atoms with Crippen LogP contribution in [0, 0.1) is 17.0 Å². The normalized spacial score (nSPS) is 18.3. The molecule has 38 heavy (non-hydrogen) atoms. The molecule has 1 amide bonds. The summed E-state index contributed by atoms with van der Waals surface area (Å²) in [5.41, 5.74) is 3.36. The molecule has 3 aromatic carbocycles. The highest BCUT2D eigenvalue weighted by atomic mass is 35.5. The van der Waals surface area contributed by atoms with Gasteiger partial charge in [-0.15, -0.1) is 0 Å². The number of carbonyl (C=O) groups is 2. The zero-order valence-electron chi connectivity index (χ0n) is 21.2. The van der Waals surface area contributed by atoms with Crippen molar-refractivity contribution in [2.45, 2.75) is 39.3 Å². The summed E-state index contributed by atoms with van der Waals surface area (Å²) in [5.74, 6) is -1.91. The van der Waals surface area contributed by atoms with Gasteiger partial charge in [-0.3, -0.25) is 9.59 Å². The molecule has 2 aliphatic rings. The van der Waals surface area contributed by atoms with Gasteiger partial charge in [0.25, 0.3) is 0 Å². The van der Waals surface area contributed by atoms with Crippen LogP contribution in [0.1, 0.15) is 43.9 Å². The van der Waals surface area contributed by atoms with Crippen molar-refractivity contribution in [1.82, 2.24) is 5.32 Å². The Kier molecular flexibility index (Phi) is 6.97. The molecule has 0 saturated carbocycles. The Labute approximate surface area is 225 Å². The summed E-state index contributed by atoms with van der Waals surface area (Å²) in [7, 11) is 0. The number of carbonyl (C=O) groups excluding carboxylic acids is 2. The number of benzene rings is 3. The number of ketones is 1. The van der Waals surface area contributed by atoms with Gasteiger partial charge in [0.05, 0.1) is 24.0 Å². The van der Waals surface area contributed by atoms with Gasteiger partial charge in [-0.2, -0.15) is 0 Å². The Morgan fingerprint density at radius 1 is 1.05 bits per heavy atom. The summed E-state index contributed by atoms with van der Waals surface area (Å²) in [6, 6.07) is 17.0. The van der Waals surface area contributed by atoms with Gasteiger partial charge < -0.3 is 15.5 Å². The second-order valence-corrected chi connectivity index (χ2v) is 11.0. The highest BCUT2D eigenvalue weighted by molar-refractivity contribution is 6.30. The SMILES string of the molecule is CC1(C)CC(=O)C2=C(C1)Nc1ccccc1N(CC(=O)NCc1ccc(Cl)cc1)C2c1cc(F)cc(F)c1. The fourth-order valence-corrected chi connectivity index (χ4v) is 5.45. The number of hydrogen-bond acceptors (Lipinski definition) is 4. The number of amides is 1. The van der Waals surface area contributed by atoms with Crippen LogP contribution in [-0.2, 0) is 16.1 Å². The standard InChI is InChI=1S/C30H28ClF2N3O2/c1-30(2)14-24-28(26(37)15-30)29(19-11-21(32)13-22(33)12-19)36(25-6-4-3-5-23(25)35-24)17-27(38)34-16-18-7-9-20(31)10-8-18/h3-13,29,35H,14-17H2,1-2H3,(H,34,38). The first-order valence-corrected chi connectivity index (χ1v) is 12.8. The Balaban J connectivity index is 1.59. The van der Waals surface area contributed by atoms with E-state index in [0.29, 0.717) is 28.4 Å². The van der Waals surface area contributed by atoms with E-state index in [-0.39, 0.29) is 42.2 Å². The van der Waals surface area contributed by atoms with E-state index in [9.17, 15) is 18.4 Å². The fourth-order valence-electron chi connectivity index (χ4n) is 5.32. The molecule has 1 aliphatic carbocycles. The van der Waals surface area contributed by atoms with Crippen molar-refractivity contribution >= 4 is 34.7 Å². The molecule has 0 saturated heterocycles. The highest BCUT2D eigenvalue weighted by Gasteiger charge is 2.42. The topological polar surface area (TPSA) is 61.4 Å². The molecule has 1 atom stereocenters. The molecule has 0 fully saturated rings. The maximum Gasteiger partial charge on any atom is 0.239 e. The van der Waals surface area contributed by atoms with E-state index in [0.717, 1.165) is 17.3 Å². The van der Waals surface area contributed by atoms with Gasteiger partial charge >= 0.3 is 0 Å². The minimum atomic E-state index is -0.865. The van der Waals surface area contributed by atoms with Gasteiger partial charge in [-0.25, -0.2) is 8.78 Å². The van der Waals surface area contributed by atoms with Crippen LogP contribution in [-0.4, -0.2) is 18.2 Å². The summed E-state index contributed by atoms with van der Waals surface area (Å²) in [4.78, 5) is 28.7. The number of hydrogen-bond donors (Lipinski definition) is 2. The van der Waals surface area contributed by atoms with Crippen molar-refractivity contribution in [2.75, 3.05) is 16.8 Å². The van der Waals surface area contributed by atoms with Crippen molar-refractivity contribution in [2.24, 2.45) is 5.41 Å². The van der Waals surface area contributed by atoms with E-state index in [4.69, 9.17) is 11.6 Å². The third kappa shape index (κ3) is 5.43. The number of allylic oxidation sites excluding steroid dienone is 1. The lowest BCUT2D eigenvalue weighted by Gasteiger charge is -2.37. The molecule has 1 aliphatic heterocycles. The van der Waals surface area contributed by atoms with Crippen LogP contribution in [0.15, 0.2) is 78.0 Å². The van der Waals surface area contributed by atoms with Gasteiger partial charge in [-0.05, 0) is 59.4 Å². The molecule has 5 rings (SSSR count). The van der Waals surface area contributed by atoms with E-state index in [1.807, 2.05) is 50.2 Å². The van der Waals surface area contributed by atoms with Gasteiger partial charge in [-0.1, -0.05) is 49.7 Å². The third-order valence-electron chi connectivity index (χ3n) is 6.92. The van der Waals surface area contributed by atoms with Crippen molar-refractivity contribution < 1.29 is 18.4 Å². The molecular weight excluding hydrogens is 508 g/mol. The molecule has 0 radical (unpaired) electrons. The minimum absolute atomic E-state index is 0.113. The summed E-state index contributed by atoms with van der Waals surface area (Å²) in [6.45, 7) is 4.19. The van der Waals surface area contributed by atoms with E-state index >= 15 is 0 Å². The predicted molar refractivity (Wildman–Crippen MR) is 145 cm³/mol. The van der Waals surface area contributed by atoms with Gasteiger partial charge in [0.15, 0.2) is 5.78 Å². The highest BCUT2D eigenvalue weighted by Crippen LogP contribution is 2.48. The molecule has 8 heteroatoms. The summed E-state index contributed by atoms with van der Waals surface area (Å²) >= 11 is 5.96. The molecule has 2 N–H and O–H groups in total. The van der Waals surface area contributed by atoms with Crippen molar-refractivity contribution in [1.29, 1.82) is 0 Å². The predicted octanol–water partition coefficient (Wildman–Crippen LogP) is 6.55. The summed E-state index contributed by atoms with van der Waals surface area (Å²) in [6.07, 6.45) is 0.863. The van der Waals surface area contributed by atoms with Crippen LogP contribution in [0.2, 0.25) is 5.02 Å².